The number of carbonyl (C=O) groups excluding carboxylic acids is 1. The Kier molecular flexibility index (Phi) is 6.69. The Morgan fingerprint density at radius 1 is 0.894 bits per heavy atom. The Labute approximate surface area is 272 Å². The van der Waals surface area contributed by atoms with Gasteiger partial charge in [0.05, 0.1) is 16.9 Å². The van der Waals surface area contributed by atoms with Gasteiger partial charge in [-0.25, -0.2) is 0 Å². The van der Waals surface area contributed by atoms with E-state index >= 15 is 0 Å². The predicted molar refractivity (Wildman–Crippen MR) is 186 cm³/mol. The maximum Gasteiger partial charge on any atom is 0.305 e. The van der Waals surface area contributed by atoms with Crippen LogP contribution in [0.2, 0.25) is 0 Å². The number of nitro groups is 1. The average Bonchev–Trinajstić information content (AvgIpc) is 3.25. The van der Waals surface area contributed by atoms with E-state index < -0.39 is 16.1 Å². The van der Waals surface area contributed by atoms with Crippen LogP contribution in [-0.2, 0) is 21.4 Å². The number of benzene rings is 6. The molecule has 2 aliphatic rings. The normalized spacial score (nSPS) is 17.7. The van der Waals surface area contributed by atoms with E-state index in [1.54, 1.807) is 6.07 Å². The number of hydrogen-bond donors (Lipinski definition) is 0. The van der Waals surface area contributed by atoms with Gasteiger partial charge in [0.25, 0.3) is 5.69 Å². The van der Waals surface area contributed by atoms with Gasteiger partial charge in [-0.3, -0.25) is 14.9 Å². The second-order valence-electron chi connectivity index (χ2n) is 13.1. The highest BCUT2D eigenvalue weighted by Gasteiger charge is 2.58. The maximum absolute atomic E-state index is 13.0. The number of esters is 1. The van der Waals surface area contributed by atoms with Gasteiger partial charge >= 0.3 is 5.97 Å². The fourth-order valence-corrected chi connectivity index (χ4v) is 7.75. The van der Waals surface area contributed by atoms with Gasteiger partial charge in [0.15, 0.2) is 0 Å². The van der Waals surface area contributed by atoms with Crippen molar-refractivity contribution in [3.63, 3.8) is 0 Å². The van der Waals surface area contributed by atoms with E-state index in [0.717, 1.165) is 17.7 Å². The van der Waals surface area contributed by atoms with Crippen LogP contribution in [0.25, 0.3) is 38.4 Å². The Balaban J connectivity index is 0.965. The lowest BCUT2D eigenvalue weighted by atomic mass is 9.76. The van der Waals surface area contributed by atoms with E-state index in [9.17, 15) is 14.9 Å². The number of fused-ring (bicyclic) bond motifs is 2. The average molecular weight is 623 g/mol. The summed E-state index contributed by atoms with van der Waals surface area (Å²) in [6.07, 6.45) is 5.70. The van der Waals surface area contributed by atoms with Crippen molar-refractivity contribution in [2.24, 2.45) is 0 Å². The van der Waals surface area contributed by atoms with Crippen molar-refractivity contribution in [3.8, 4) is 5.75 Å². The summed E-state index contributed by atoms with van der Waals surface area (Å²) in [6.45, 7) is 4.90. The van der Waals surface area contributed by atoms with Crippen molar-refractivity contribution in [1.82, 2.24) is 0 Å². The summed E-state index contributed by atoms with van der Waals surface area (Å²) >= 11 is 0. The first-order valence-electron chi connectivity index (χ1n) is 16.1. The lowest BCUT2D eigenvalue weighted by Crippen LogP contribution is -2.60. The van der Waals surface area contributed by atoms with Crippen molar-refractivity contribution in [2.75, 3.05) is 18.1 Å². The lowest BCUT2D eigenvalue weighted by Gasteiger charge is -2.47. The fraction of sp³-hybridized carbons (Fsp3) is 0.225. The van der Waals surface area contributed by atoms with Crippen molar-refractivity contribution in [3.05, 3.63) is 130 Å². The first-order chi connectivity index (χ1) is 22.8. The highest BCUT2D eigenvalue weighted by molar-refractivity contribution is 6.23. The summed E-state index contributed by atoms with van der Waals surface area (Å²) in [4.78, 5) is 26.1. The molecule has 0 radical (unpaired) electrons. The molecule has 0 aromatic heterocycles. The predicted octanol–water partition coefficient (Wildman–Crippen LogP) is 8.96. The number of carbonyl (C=O) groups is 1. The summed E-state index contributed by atoms with van der Waals surface area (Å²) < 4.78 is 12.6. The van der Waals surface area contributed by atoms with E-state index in [1.807, 2.05) is 24.3 Å². The van der Waals surface area contributed by atoms with E-state index in [4.69, 9.17) is 9.47 Å². The van der Waals surface area contributed by atoms with Crippen LogP contribution in [0, 0.1) is 10.1 Å². The van der Waals surface area contributed by atoms with Gasteiger partial charge in [-0.05, 0) is 94.4 Å². The minimum Gasteiger partial charge on any atom is -0.464 e. The number of anilines is 1. The topological polar surface area (TPSA) is 81.9 Å². The van der Waals surface area contributed by atoms with Crippen LogP contribution in [0.3, 0.4) is 0 Å². The second kappa shape index (κ2) is 10.8. The van der Waals surface area contributed by atoms with Gasteiger partial charge < -0.3 is 14.4 Å². The van der Waals surface area contributed by atoms with Crippen molar-refractivity contribution < 1.29 is 19.2 Å². The first kappa shape index (κ1) is 29.0. The van der Waals surface area contributed by atoms with Crippen LogP contribution in [0.15, 0.2) is 103 Å². The third kappa shape index (κ3) is 4.52. The molecule has 1 atom stereocenters. The standard InChI is InChI=1S/C40H34N2O5/c1-39(2)33-10-3-4-11-34(33)41(40(39)22-21-30-25-31(42(44)45)18-20-35(30)47-40)23-24-46-36(43)12-6-7-26-13-14-29-16-15-27-8-5-9-28-17-19-32(26)38(29)37(27)28/h3-5,8-11,13-22,25H,6-7,12,23-24H2,1-2H3/t40-/m1/s1. The van der Waals surface area contributed by atoms with Crippen molar-refractivity contribution in [1.29, 1.82) is 0 Å². The van der Waals surface area contributed by atoms with Crippen LogP contribution in [0.1, 0.15) is 43.4 Å². The van der Waals surface area contributed by atoms with Gasteiger partial charge in [-0.15, -0.1) is 0 Å². The van der Waals surface area contributed by atoms with Crippen molar-refractivity contribution in [2.45, 2.75) is 44.2 Å². The molecule has 0 fully saturated rings. The molecule has 7 nitrogen and oxygen atoms in total. The molecule has 0 amide bonds. The first-order valence-corrected chi connectivity index (χ1v) is 16.1. The van der Waals surface area contributed by atoms with E-state index in [-0.39, 0.29) is 18.3 Å². The Hall–Kier alpha value is -5.43. The molecule has 8 rings (SSSR count). The minimum atomic E-state index is -0.902. The zero-order chi connectivity index (χ0) is 32.3. The summed E-state index contributed by atoms with van der Waals surface area (Å²) in [6, 6.07) is 32.4. The maximum atomic E-state index is 13.0. The van der Waals surface area contributed by atoms with Gasteiger partial charge in [0, 0.05) is 29.8 Å². The van der Waals surface area contributed by atoms with Crippen LogP contribution in [0.4, 0.5) is 11.4 Å². The Morgan fingerprint density at radius 2 is 1.64 bits per heavy atom. The fourth-order valence-electron chi connectivity index (χ4n) is 7.75. The quantitative estimate of drug-likeness (QED) is 0.0730. The Bertz CT molecular complexity index is 2220. The molecule has 0 saturated heterocycles. The number of nitrogens with zero attached hydrogens (tertiary/aromatic N) is 2. The van der Waals surface area contributed by atoms with Crippen LogP contribution >= 0.6 is 0 Å². The van der Waals surface area contributed by atoms with Crippen LogP contribution in [-0.4, -0.2) is 29.8 Å². The third-order valence-electron chi connectivity index (χ3n) is 10.1. The van der Waals surface area contributed by atoms with Gasteiger partial charge in [0.1, 0.15) is 12.4 Å². The summed E-state index contributed by atoms with van der Waals surface area (Å²) in [5, 5.41) is 18.9. The molecule has 6 aromatic rings. The van der Waals surface area contributed by atoms with Crippen LogP contribution in [0.5, 0.6) is 5.75 Å². The van der Waals surface area contributed by atoms with E-state index in [2.05, 4.69) is 85.5 Å². The number of para-hydroxylation sites is 1. The molecule has 2 heterocycles. The molecule has 6 aromatic carbocycles. The Morgan fingerprint density at radius 3 is 2.45 bits per heavy atom. The number of non-ortho nitro benzene ring substituents is 1. The SMILES string of the molecule is CC1(C)c2ccccc2N(CCOC(=O)CCCc2ccc3ccc4cccc5ccc2c3c45)[C@@]12C=Cc1cc([N+](=O)[O-])ccc1O2. The third-order valence-corrected chi connectivity index (χ3v) is 10.1. The molecular formula is C40H34N2O5. The zero-order valence-corrected chi connectivity index (χ0v) is 26.4. The number of rotatable bonds is 8. The highest BCUT2D eigenvalue weighted by Crippen LogP contribution is 2.55. The lowest BCUT2D eigenvalue weighted by molar-refractivity contribution is -0.384. The van der Waals surface area contributed by atoms with Gasteiger partial charge in [-0.2, -0.15) is 0 Å². The molecule has 0 bridgehead atoms. The molecule has 2 aliphatic heterocycles. The molecule has 47 heavy (non-hydrogen) atoms. The summed E-state index contributed by atoms with van der Waals surface area (Å²) in [7, 11) is 0. The molecule has 234 valence electrons. The van der Waals surface area contributed by atoms with E-state index in [0.29, 0.717) is 30.7 Å². The highest BCUT2D eigenvalue weighted by atomic mass is 16.6. The molecule has 0 aliphatic carbocycles. The number of aryl methyl sites for hydroxylation is 1. The molecule has 0 unspecified atom stereocenters. The van der Waals surface area contributed by atoms with Gasteiger partial charge in [-0.1, -0.05) is 72.8 Å². The van der Waals surface area contributed by atoms with E-state index in [1.165, 1.54) is 50.0 Å². The van der Waals surface area contributed by atoms with Crippen molar-refractivity contribution >= 4 is 55.7 Å². The zero-order valence-electron chi connectivity index (χ0n) is 26.4. The van der Waals surface area contributed by atoms with Crippen LogP contribution < -0.4 is 9.64 Å². The number of hydrogen-bond acceptors (Lipinski definition) is 6. The molecule has 0 saturated carbocycles. The minimum absolute atomic E-state index is 0.0184. The molecule has 1 spiro atoms. The monoisotopic (exact) mass is 622 g/mol. The molecular weight excluding hydrogens is 588 g/mol. The summed E-state index contributed by atoms with van der Waals surface area (Å²) in [5.41, 5.74) is 2.68. The largest absolute Gasteiger partial charge is 0.464 e. The molecule has 7 heteroatoms. The van der Waals surface area contributed by atoms with Gasteiger partial charge in [0.2, 0.25) is 5.72 Å². The smallest absolute Gasteiger partial charge is 0.305 e. The summed E-state index contributed by atoms with van der Waals surface area (Å²) in [5.74, 6) is 0.356. The second-order valence-corrected chi connectivity index (χ2v) is 13.1. The number of ether oxygens (including phenoxy) is 2. The molecule has 0 N–H and O–H groups in total. The number of nitro benzene ring substituents is 1.